The molecule has 1 aliphatic carbocycles. The van der Waals surface area contributed by atoms with Crippen LogP contribution in [0, 0.1) is 0 Å². The third-order valence-corrected chi connectivity index (χ3v) is 3.30. The Balaban J connectivity index is 2.16. The summed E-state index contributed by atoms with van der Waals surface area (Å²) in [6.45, 7) is 4.18. The molecule has 0 bridgehead atoms. The molecule has 2 rings (SSSR count). The molecule has 0 aliphatic heterocycles. The normalized spacial score (nSPS) is 14.0. The molecule has 100 valence electrons. The van der Waals surface area contributed by atoms with Crippen molar-refractivity contribution in [3.8, 4) is 0 Å². The largest absolute Gasteiger partial charge is 0.370 e. The van der Waals surface area contributed by atoms with E-state index in [4.69, 9.17) is 9.97 Å². The van der Waals surface area contributed by atoms with Crippen LogP contribution in [-0.4, -0.2) is 42.1 Å². The van der Waals surface area contributed by atoms with Crippen molar-refractivity contribution >= 4 is 5.82 Å². The van der Waals surface area contributed by atoms with Crippen molar-refractivity contribution in [2.24, 2.45) is 0 Å². The van der Waals surface area contributed by atoms with Crippen LogP contribution in [0.5, 0.6) is 0 Å². The summed E-state index contributed by atoms with van der Waals surface area (Å²) >= 11 is 0. The van der Waals surface area contributed by atoms with E-state index >= 15 is 0 Å². The minimum atomic E-state index is 0.932. The fourth-order valence-corrected chi connectivity index (χ4v) is 2.31. The monoisotopic (exact) mass is 248 g/mol. The smallest absolute Gasteiger partial charge is 0.133 e. The van der Waals surface area contributed by atoms with Crippen molar-refractivity contribution < 1.29 is 0 Å². The van der Waals surface area contributed by atoms with Gasteiger partial charge < -0.3 is 10.2 Å². The zero-order chi connectivity index (χ0) is 13.0. The summed E-state index contributed by atoms with van der Waals surface area (Å²) in [5.41, 5.74) is 2.63. The topological polar surface area (TPSA) is 41.1 Å². The van der Waals surface area contributed by atoms with Gasteiger partial charge in [-0.25, -0.2) is 9.97 Å². The Morgan fingerprint density at radius 2 is 2.06 bits per heavy atom. The van der Waals surface area contributed by atoms with Crippen LogP contribution in [0.25, 0.3) is 0 Å². The average Bonchev–Trinajstić information content (AvgIpc) is 2.81. The van der Waals surface area contributed by atoms with Gasteiger partial charge >= 0.3 is 0 Å². The predicted molar refractivity (Wildman–Crippen MR) is 75.1 cm³/mol. The van der Waals surface area contributed by atoms with E-state index < -0.39 is 0 Å². The SMILES string of the molecule is CCCNc1nc(CCN(C)C)nc2c1CCC2. The molecule has 1 aromatic heterocycles. The highest BCUT2D eigenvalue weighted by atomic mass is 15.1. The highest BCUT2D eigenvalue weighted by molar-refractivity contribution is 5.48. The Bertz CT molecular complexity index is 401. The van der Waals surface area contributed by atoms with Crippen molar-refractivity contribution in [2.75, 3.05) is 32.5 Å². The number of aromatic nitrogens is 2. The maximum Gasteiger partial charge on any atom is 0.133 e. The number of nitrogens with zero attached hydrogens (tertiary/aromatic N) is 3. The van der Waals surface area contributed by atoms with E-state index in [9.17, 15) is 0 Å². The summed E-state index contributed by atoms with van der Waals surface area (Å²) in [5.74, 6) is 2.08. The van der Waals surface area contributed by atoms with Crippen LogP contribution in [0.1, 0.15) is 36.8 Å². The molecule has 0 unspecified atom stereocenters. The Morgan fingerprint density at radius 3 is 2.78 bits per heavy atom. The van der Waals surface area contributed by atoms with Crippen molar-refractivity contribution in [3.05, 3.63) is 17.1 Å². The molecule has 1 aromatic rings. The van der Waals surface area contributed by atoms with E-state index in [-0.39, 0.29) is 0 Å². The van der Waals surface area contributed by atoms with Gasteiger partial charge in [0, 0.05) is 30.8 Å². The molecule has 4 nitrogen and oxygen atoms in total. The Labute approximate surface area is 110 Å². The highest BCUT2D eigenvalue weighted by Crippen LogP contribution is 2.26. The minimum Gasteiger partial charge on any atom is -0.370 e. The minimum absolute atomic E-state index is 0.932. The first-order chi connectivity index (χ1) is 8.70. The first-order valence-electron chi connectivity index (χ1n) is 6.98. The average molecular weight is 248 g/mol. The van der Waals surface area contributed by atoms with Crippen LogP contribution in [0.15, 0.2) is 0 Å². The van der Waals surface area contributed by atoms with Crippen LogP contribution >= 0.6 is 0 Å². The van der Waals surface area contributed by atoms with E-state index in [2.05, 4.69) is 31.2 Å². The molecule has 0 saturated carbocycles. The third-order valence-electron chi connectivity index (χ3n) is 3.30. The number of rotatable bonds is 6. The van der Waals surface area contributed by atoms with Crippen LogP contribution < -0.4 is 5.32 Å². The molecule has 0 fully saturated rings. The molecule has 0 amide bonds. The molecule has 0 saturated heterocycles. The summed E-state index contributed by atoms with van der Waals surface area (Å²) in [6.07, 6.45) is 5.54. The molecule has 0 spiro atoms. The third kappa shape index (κ3) is 3.19. The zero-order valence-corrected chi connectivity index (χ0v) is 11.8. The van der Waals surface area contributed by atoms with Crippen LogP contribution in [0.3, 0.4) is 0 Å². The van der Waals surface area contributed by atoms with Gasteiger partial charge in [-0.1, -0.05) is 6.92 Å². The summed E-state index contributed by atoms with van der Waals surface area (Å²) in [6, 6.07) is 0. The van der Waals surface area contributed by atoms with Gasteiger partial charge in [0.25, 0.3) is 0 Å². The van der Waals surface area contributed by atoms with Gasteiger partial charge in [-0.05, 0) is 39.8 Å². The summed E-state index contributed by atoms with van der Waals surface area (Å²) in [7, 11) is 4.17. The number of anilines is 1. The predicted octanol–water partition coefficient (Wildman–Crippen LogP) is 1.89. The standard InChI is InChI=1S/C14H24N4/c1-4-9-15-14-11-6-5-7-12(11)16-13(17-14)8-10-18(2)3/h4-10H2,1-3H3,(H,15,16,17). The Morgan fingerprint density at radius 1 is 1.22 bits per heavy atom. The number of fused-ring (bicyclic) bond motifs is 1. The molecule has 1 heterocycles. The molecule has 18 heavy (non-hydrogen) atoms. The van der Waals surface area contributed by atoms with E-state index in [0.29, 0.717) is 0 Å². The van der Waals surface area contributed by atoms with Crippen molar-refractivity contribution in [1.29, 1.82) is 0 Å². The fraction of sp³-hybridized carbons (Fsp3) is 0.714. The first-order valence-corrected chi connectivity index (χ1v) is 6.98. The van der Waals surface area contributed by atoms with Crippen molar-refractivity contribution in [1.82, 2.24) is 14.9 Å². The zero-order valence-electron chi connectivity index (χ0n) is 11.8. The Hall–Kier alpha value is -1.16. The number of hydrogen-bond acceptors (Lipinski definition) is 4. The first kappa shape index (κ1) is 13.3. The second-order valence-corrected chi connectivity index (χ2v) is 5.25. The van der Waals surface area contributed by atoms with E-state index in [1.807, 2.05) is 0 Å². The maximum atomic E-state index is 4.72. The Kier molecular flexibility index (Phi) is 4.53. The summed E-state index contributed by atoms with van der Waals surface area (Å²) in [5, 5.41) is 3.46. The fourth-order valence-electron chi connectivity index (χ4n) is 2.31. The van der Waals surface area contributed by atoms with Gasteiger partial charge in [0.05, 0.1) is 0 Å². The van der Waals surface area contributed by atoms with Crippen molar-refractivity contribution in [3.63, 3.8) is 0 Å². The number of nitrogens with one attached hydrogen (secondary N) is 1. The molecule has 1 N–H and O–H groups in total. The summed E-state index contributed by atoms with van der Waals surface area (Å²) < 4.78 is 0. The second kappa shape index (κ2) is 6.14. The number of aryl methyl sites for hydroxylation is 1. The lowest BCUT2D eigenvalue weighted by molar-refractivity contribution is 0.409. The molecular formula is C14H24N4. The molecule has 0 aromatic carbocycles. The lowest BCUT2D eigenvalue weighted by atomic mass is 10.2. The molecular weight excluding hydrogens is 224 g/mol. The van der Waals surface area contributed by atoms with Gasteiger partial charge in [0.15, 0.2) is 0 Å². The van der Waals surface area contributed by atoms with E-state index in [1.54, 1.807) is 0 Å². The van der Waals surface area contributed by atoms with E-state index in [0.717, 1.165) is 50.4 Å². The lowest BCUT2D eigenvalue weighted by Crippen LogP contribution is -2.17. The van der Waals surface area contributed by atoms with Crippen LogP contribution in [0.2, 0.25) is 0 Å². The van der Waals surface area contributed by atoms with E-state index in [1.165, 1.54) is 17.7 Å². The molecule has 0 radical (unpaired) electrons. The number of likely N-dealkylation sites (N-methyl/N-ethyl adjacent to an activating group) is 1. The quantitative estimate of drug-likeness (QED) is 0.834. The van der Waals surface area contributed by atoms with Gasteiger partial charge in [-0.2, -0.15) is 0 Å². The lowest BCUT2D eigenvalue weighted by Gasteiger charge is -2.13. The van der Waals surface area contributed by atoms with Crippen LogP contribution in [-0.2, 0) is 19.3 Å². The van der Waals surface area contributed by atoms with Gasteiger partial charge in [-0.3, -0.25) is 0 Å². The van der Waals surface area contributed by atoms with Gasteiger partial charge in [0.2, 0.25) is 0 Å². The molecule has 1 aliphatic rings. The molecule has 4 heteroatoms. The molecule has 0 atom stereocenters. The highest BCUT2D eigenvalue weighted by Gasteiger charge is 2.18. The maximum absolute atomic E-state index is 4.72. The van der Waals surface area contributed by atoms with Crippen molar-refractivity contribution in [2.45, 2.75) is 39.0 Å². The second-order valence-electron chi connectivity index (χ2n) is 5.25. The summed E-state index contributed by atoms with van der Waals surface area (Å²) in [4.78, 5) is 11.6. The van der Waals surface area contributed by atoms with Gasteiger partial charge in [0.1, 0.15) is 11.6 Å². The number of hydrogen-bond donors (Lipinski definition) is 1. The van der Waals surface area contributed by atoms with Gasteiger partial charge in [-0.15, -0.1) is 0 Å². The van der Waals surface area contributed by atoms with Crippen LogP contribution in [0.4, 0.5) is 5.82 Å².